The van der Waals surface area contributed by atoms with E-state index >= 15 is 0 Å². The Kier molecular flexibility index (Phi) is 4.60. The number of nitrogens with one attached hydrogen (secondary N) is 2. The lowest BCUT2D eigenvalue weighted by Gasteiger charge is -2.11. The second kappa shape index (κ2) is 6.03. The summed E-state index contributed by atoms with van der Waals surface area (Å²) in [5.41, 5.74) is 2.11. The van der Waals surface area contributed by atoms with Gasteiger partial charge in [-0.3, -0.25) is 0 Å². The molecule has 1 heterocycles. The first kappa shape index (κ1) is 14.5. The lowest BCUT2D eigenvalue weighted by atomic mass is 10.1. The number of benzene rings is 1. The number of rotatable bonds is 5. The molecular weight excluding hydrogens is 260 g/mol. The van der Waals surface area contributed by atoms with Gasteiger partial charge in [-0.05, 0) is 69.0 Å². The third-order valence-electron chi connectivity index (χ3n) is 3.80. The maximum Gasteiger partial charge on any atom is 0.240 e. The maximum absolute atomic E-state index is 12.1. The van der Waals surface area contributed by atoms with Crippen LogP contribution in [0.3, 0.4) is 0 Å². The molecule has 5 heteroatoms. The Morgan fingerprint density at radius 1 is 1.32 bits per heavy atom. The molecule has 1 fully saturated rings. The minimum atomic E-state index is -3.36. The summed E-state index contributed by atoms with van der Waals surface area (Å²) < 4.78 is 27.0. The normalized spacial score (nSPS) is 19.8. The van der Waals surface area contributed by atoms with Crippen LogP contribution in [-0.4, -0.2) is 28.1 Å². The van der Waals surface area contributed by atoms with E-state index in [1.807, 2.05) is 19.9 Å². The van der Waals surface area contributed by atoms with Crippen molar-refractivity contribution in [2.45, 2.75) is 31.6 Å². The molecule has 4 nitrogen and oxygen atoms in total. The molecule has 1 saturated heterocycles. The fraction of sp³-hybridized carbons (Fsp3) is 0.571. The highest BCUT2D eigenvalue weighted by Gasteiger charge is 2.17. The number of hydrogen-bond donors (Lipinski definition) is 2. The second-order valence-corrected chi connectivity index (χ2v) is 7.06. The Morgan fingerprint density at radius 3 is 2.74 bits per heavy atom. The van der Waals surface area contributed by atoms with Gasteiger partial charge in [0.05, 0.1) is 4.90 Å². The van der Waals surface area contributed by atoms with Crippen molar-refractivity contribution in [3.8, 4) is 0 Å². The Morgan fingerprint density at radius 2 is 2.11 bits per heavy atom. The summed E-state index contributed by atoms with van der Waals surface area (Å²) in [4.78, 5) is 0.361. The quantitative estimate of drug-likeness (QED) is 0.862. The van der Waals surface area contributed by atoms with Gasteiger partial charge in [0.2, 0.25) is 10.0 Å². The molecule has 0 unspecified atom stereocenters. The largest absolute Gasteiger partial charge is 0.316 e. The van der Waals surface area contributed by atoms with Gasteiger partial charge in [0.25, 0.3) is 0 Å². The van der Waals surface area contributed by atoms with E-state index in [1.165, 1.54) is 0 Å². The average Bonchev–Trinajstić information content (AvgIpc) is 2.85. The molecule has 0 amide bonds. The lowest BCUT2D eigenvalue weighted by molar-refractivity contribution is 0.519. The summed E-state index contributed by atoms with van der Waals surface area (Å²) in [6.45, 7) is 6.48. The van der Waals surface area contributed by atoms with Crippen LogP contribution in [0.2, 0.25) is 0 Å². The fourth-order valence-electron chi connectivity index (χ4n) is 2.32. The molecule has 1 aromatic rings. The van der Waals surface area contributed by atoms with E-state index in [-0.39, 0.29) is 0 Å². The highest BCUT2D eigenvalue weighted by molar-refractivity contribution is 7.89. The van der Waals surface area contributed by atoms with Gasteiger partial charge in [-0.15, -0.1) is 0 Å². The number of hydrogen-bond acceptors (Lipinski definition) is 3. The van der Waals surface area contributed by atoms with Gasteiger partial charge in [0, 0.05) is 6.54 Å². The zero-order valence-electron chi connectivity index (χ0n) is 11.6. The molecule has 0 radical (unpaired) electrons. The van der Waals surface area contributed by atoms with Crippen molar-refractivity contribution in [2.24, 2.45) is 5.92 Å². The maximum atomic E-state index is 12.1. The lowest BCUT2D eigenvalue weighted by Crippen LogP contribution is -2.26. The van der Waals surface area contributed by atoms with Crippen LogP contribution in [0.1, 0.15) is 24.0 Å². The monoisotopic (exact) mass is 282 g/mol. The summed E-state index contributed by atoms with van der Waals surface area (Å²) in [6.07, 6.45) is 2.04. The van der Waals surface area contributed by atoms with Gasteiger partial charge in [-0.25, -0.2) is 13.1 Å². The predicted octanol–water partition coefficient (Wildman–Crippen LogP) is 1.58. The van der Waals surface area contributed by atoms with Crippen LogP contribution in [0.15, 0.2) is 23.1 Å². The zero-order chi connectivity index (χ0) is 13.9. The van der Waals surface area contributed by atoms with E-state index in [1.54, 1.807) is 12.1 Å². The van der Waals surface area contributed by atoms with Gasteiger partial charge in [-0.1, -0.05) is 6.07 Å². The van der Waals surface area contributed by atoms with Crippen molar-refractivity contribution in [2.75, 3.05) is 19.6 Å². The van der Waals surface area contributed by atoms with E-state index in [9.17, 15) is 8.42 Å². The van der Waals surface area contributed by atoms with Crippen LogP contribution in [0, 0.1) is 19.8 Å². The van der Waals surface area contributed by atoms with Crippen LogP contribution in [0.4, 0.5) is 0 Å². The van der Waals surface area contributed by atoms with Gasteiger partial charge in [0.15, 0.2) is 0 Å². The van der Waals surface area contributed by atoms with Crippen molar-refractivity contribution in [1.29, 1.82) is 0 Å². The average molecular weight is 282 g/mol. The Labute approximate surface area is 115 Å². The molecule has 19 heavy (non-hydrogen) atoms. The summed E-state index contributed by atoms with van der Waals surface area (Å²) in [7, 11) is -3.36. The molecule has 1 aliphatic heterocycles. The Hall–Kier alpha value is -0.910. The van der Waals surface area contributed by atoms with E-state index in [2.05, 4.69) is 10.0 Å². The van der Waals surface area contributed by atoms with Gasteiger partial charge >= 0.3 is 0 Å². The first-order valence-electron chi connectivity index (χ1n) is 6.77. The minimum Gasteiger partial charge on any atom is -0.316 e. The third kappa shape index (κ3) is 3.78. The molecule has 0 spiro atoms. The van der Waals surface area contributed by atoms with Crippen LogP contribution < -0.4 is 10.0 Å². The standard InChI is InChI=1S/C14H22N2O2S/c1-11-3-4-14(9-12(11)2)19(17,18)16-8-6-13-5-7-15-10-13/h3-4,9,13,15-16H,5-8,10H2,1-2H3/t13-/m0/s1. The fourth-order valence-corrected chi connectivity index (χ4v) is 3.46. The molecule has 106 valence electrons. The zero-order valence-corrected chi connectivity index (χ0v) is 12.4. The minimum absolute atomic E-state index is 0.361. The van der Waals surface area contributed by atoms with Crippen LogP contribution in [-0.2, 0) is 10.0 Å². The molecule has 0 saturated carbocycles. The highest BCUT2D eigenvalue weighted by atomic mass is 32.2. The molecule has 0 bridgehead atoms. The van der Waals surface area contributed by atoms with Crippen LogP contribution in [0.5, 0.6) is 0 Å². The van der Waals surface area contributed by atoms with Crippen LogP contribution in [0.25, 0.3) is 0 Å². The third-order valence-corrected chi connectivity index (χ3v) is 5.25. The van der Waals surface area contributed by atoms with E-state index in [4.69, 9.17) is 0 Å². The van der Waals surface area contributed by atoms with Gasteiger partial charge < -0.3 is 5.32 Å². The van der Waals surface area contributed by atoms with Crippen molar-refractivity contribution in [1.82, 2.24) is 10.0 Å². The second-order valence-electron chi connectivity index (χ2n) is 5.29. The van der Waals surface area contributed by atoms with E-state index in [0.717, 1.165) is 37.1 Å². The molecule has 1 atom stereocenters. The number of sulfonamides is 1. The topological polar surface area (TPSA) is 58.2 Å². The van der Waals surface area contributed by atoms with Gasteiger partial charge in [0.1, 0.15) is 0 Å². The molecule has 0 aliphatic carbocycles. The Bertz CT molecular complexity index is 534. The van der Waals surface area contributed by atoms with Crippen molar-refractivity contribution >= 4 is 10.0 Å². The van der Waals surface area contributed by atoms with Crippen molar-refractivity contribution < 1.29 is 8.42 Å². The summed E-state index contributed by atoms with van der Waals surface area (Å²) in [5.74, 6) is 0.599. The van der Waals surface area contributed by atoms with Gasteiger partial charge in [-0.2, -0.15) is 0 Å². The molecule has 0 aromatic heterocycles. The molecule has 2 rings (SSSR count). The molecule has 1 aromatic carbocycles. The van der Waals surface area contributed by atoms with E-state index in [0.29, 0.717) is 17.4 Å². The first-order valence-corrected chi connectivity index (χ1v) is 8.25. The highest BCUT2D eigenvalue weighted by Crippen LogP contribution is 2.15. The smallest absolute Gasteiger partial charge is 0.240 e. The first-order chi connectivity index (χ1) is 8.99. The SMILES string of the molecule is Cc1ccc(S(=O)(=O)NCC[C@@H]2CCNC2)cc1C. The van der Waals surface area contributed by atoms with E-state index < -0.39 is 10.0 Å². The Balaban J connectivity index is 1.95. The number of aryl methyl sites for hydroxylation is 2. The summed E-state index contributed by atoms with van der Waals surface area (Å²) >= 11 is 0. The molecular formula is C14H22N2O2S. The van der Waals surface area contributed by atoms with Crippen molar-refractivity contribution in [3.05, 3.63) is 29.3 Å². The summed E-state index contributed by atoms with van der Waals surface area (Å²) in [5, 5.41) is 3.29. The summed E-state index contributed by atoms with van der Waals surface area (Å²) in [6, 6.07) is 5.25. The molecule has 1 aliphatic rings. The predicted molar refractivity (Wildman–Crippen MR) is 76.7 cm³/mol. The van der Waals surface area contributed by atoms with Crippen molar-refractivity contribution in [3.63, 3.8) is 0 Å². The molecule has 2 N–H and O–H groups in total. The van der Waals surface area contributed by atoms with Crippen LogP contribution >= 0.6 is 0 Å².